The van der Waals surface area contributed by atoms with E-state index in [1.54, 1.807) is 0 Å². The SMILES string of the molecule is O=C1CC(O)(C(F)(F)F)CC(=O)O1. The Balaban J connectivity index is 2.91. The second-order valence-electron chi connectivity index (χ2n) is 2.73. The lowest BCUT2D eigenvalue weighted by Gasteiger charge is -2.31. The molecule has 0 atom stereocenters. The zero-order valence-electron chi connectivity index (χ0n) is 6.22. The third-order valence-corrected chi connectivity index (χ3v) is 1.63. The molecule has 0 aromatic carbocycles. The van der Waals surface area contributed by atoms with Crippen LogP contribution in [0.5, 0.6) is 0 Å². The highest BCUT2D eigenvalue weighted by Gasteiger charge is 2.58. The molecule has 1 aliphatic heterocycles. The van der Waals surface area contributed by atoms with Crippen molar-refractivity contribution in [2.24, 2.45) is 0 Å². The number of cyclic esters (lactones) is 2. The molecular weight excluding hydrogens is 193 g/mol. The molecule has 1 aliphatic rings. The van der Waals surface area contributed by atoms with Gasteiger partial charge < -0.3 is 9.84 Å². The molecular formula is C6H5F3O4. The van der Waals surface area contributed by atoms with Crippen molar-refractivity contribution in [1.29, 1.82) is 0 Å². The van der Waals surface area contributed by atoms with E-state index >= 15 is 0 Å². The number of ether oxygens (including phenoxy) is 1. The van der Waals surface area contributed by atoms with Crippen LogP contribution in [0.4, 0.5) is 13.2 Å². The van der Waals surface area contributed by atoms with Crippen LogP contribution in [0.2, 0.25) is 0 Å². The van der Waals surface area contributed by atoms with Crippen LogP contribution in [0.3, 0.4) is 0 Å². The lowest BCUT2D eigenvalue weighted by atomic mass is 9.93. The summed E-state index contributed by atoms with van der Waals surface area (Å²) in [7, 11) is 0. The molecule has 1 fully saturated rings. The topological polar surface area (TPSA) is 63.6 Å². The van der Waals surface area contributed by atoms with Gasteiger partial charge in [0.15, 0.2) is 5.60 Å². The predicted octanol–water partition coefficient (Wildman–Crippen LogP) is 0.143. The lowest BCUT2D eigenvalue weighted by molar-refractivity contribution is -0.271. The minimum Gasteiger partial charge on any atom is -0.393 e. The van der Waals surface area contributed by atoms with Crippen LogP contribution in [0.25, 0.3) is 0 Å². The molecule has 1 saturated heterocycles. The summed E-state index contributed by atoms with van der Waals surface area (Å²) in [5.74, 6) is -2.73. The van der Waals surface area contributed by atoms with Gasteiger partial charge in [0.1, 0.15) is 0 Å². The Morgan fingerprint density at radius 2 is 1.62 bits per heavy atom. The first kappa shape index (κ1) is 9.97. The summed E-state index contributed by atoms with van der Waals surface area (Å²) in [6.45, 7) is 0. The molecule has 4 nitrogen and oxygen atoms in total. The summed E-state index contributed by atoms with van der Waals surface area (Å²) in [4.78, 5) is 20.9. The van der Waals surface area contributed by atoms with Gasteiger partial charge in [-0.1, -0.05) is 0 Å². The van der Waals surface area contributed by atoms with Gasteiger partial charge in [0, 0.05) is 0 Å². The fourth-order valence-corrected chi connectivity index (χ4v) is 0.940. The van der Waals surface area contributed by atoms with Crippen molar-refractivity contribution in [3.63, 3.8) is 0 Å². The maximum atomic E-state index is 12.1. The number of aliphatic hydroxyl groups is 1. The number of carbonyl (C=O) groups excluding carboxylic acids is 2. The zero-order valence-corrected chi connectivity index (χ0v) is 6.22. The standard InChI is InChI=1S/C6H5F3O4/c7-6(8,9)5(12)1-3(10)13-4(11)2-5/h12H,1-2H2. The van der Waals surface area contributed by atoms with Crippen molar-refractivity contribution in [2.75, 3.05) is 0 Å². The van der Waals surface area contributed by atoms with Crippen LogP contribution in [0.1, 0.15) is 12.8 Å². The van der Waals surface area contributed by atoms with E-state index in [9.17, 15) is 22.8 Å². The fourth-order valence-electron chi connectivity index (χ4n) is 0.940. The van der Waals surface area contributed by atoms with Gasteiger partial charge in [-0.3, -0.25) is 9.59 Å². The Morgan fingerprint density at radius 1 is 1.23 bits per heavy atom. The summed E-state index contributed by atoms with van der Waals surface area (Å²) >= 11 is 0. The largest absolute Gasteiger partial charge is 0.418 e. The summed E-state index contributed by atoms with van der Waals surface area (Å²) in [5.41, 5.74) is -3.26. The monoisotopic (exact) mass is 198 g/mol. The molecule has 0 aromatic heterocycles. The van der Waals surface area contributed by atoms with Crippen molar-refractivity contribution in [3.8, 4) is 0 Å². The number of hydrogen-bond acceptors (Lipinski definition) is 4. The van der Waals surface area contributed by atoms with E-state index < -0.39 is 36.6 Å². The normalized spacial score (nSPS) is 22.8. The number of alkyl halides is 3. The fraction of sp³-hybridized carbons (Fsp3) is 0.667. The summed E-state index contributed by atoms with van der Waals surface area (Å²) in [6, 6.07) is 0. The minimum absolute atomic E-state index is 1.23. The zero-order chi connectivity index (χ0) is 10.3. The highest BCUT2D eigenvalue weighted by molar-refractivity contribution is 5.89. The average Bonchev–Trinajstić information content (AvgIpc) is 1.79. The van der Waals surface area contributed by atoms with E-state index in [-0.39, 0.29) is 0 Å². The molecule has 0 amide bonds. The van der Waals surface area contributed by atoms with Crippen molar-refractivity contribution < 1.29 is 32.6 Å². The lowest BCUT2D eigenvalue weighted by Crippen LogP contribution is -2.52. The molecule has 74 valence electrons. The van der Waals surface area contributed by atoms with Crippen LogP contribution in [0.15, 0.2) is 0 Å². The number of hydrogen-bond donors (Lipinski definition) is 1. The first-order valence-corrected chi connectivity index (χ1v) is 3.27. The Hall–Kier alpha value is -1.11. The molecule has 0 saturated carbocycles. The number of rotatable bonds is 0. The van der Waals surface area contributed by atoms with Gasteiger partial charge in [-0.2, -0.15) is 13.2 Å². The van der Waals surface area contributed by atoms with E-state index in [0.717, 1.165) is 0 Å². The molecule has 13 heavy (non-hydrogen) atoms. The molecule has 0 unspecified atom stereocenters. The Bertz CT molecular complexity index is 241. The Morgan fingerprint density at radius 3 is 1.92 bits per heavy atom. The number of carbonyl (C=O) groups is 2. The first-order chi connectivity index (χ1) is 5.74. The van der Waals surface area contributed by atoms with E-state index in [4.69, 9.17) is 5.11 Å². The molecule has 0 radical (unpaired) electrons. The van der Waals surface area contributed by atoms with Gasteiger partial charge >= 0.3 is 18.1 Å². The maximum absolute atomic E-state index is 12.1. The van der Waals surface area contributed by atoms with Gasteiger partial charge in [0.2, 0.25) is 0 Å². The smallest absolute Gasteiger partial charge is 0.393 e. The third-order valence-electron chi connectivity index (χ3n) is 1.63. The van der Waals surface area contributed by atoms with Gasteiger partial charge in [-0.25, -0.2) is 0 Å². The quantitative estimate of drug-likeness (QED) is 0.444. The molecule has 0 aliphatic carbocycles. The van der Waals surface area contributed by atoms with Crippen LogP contribution >= 0.6 is 0 Å². The van der Waals surface area contributed by atoms with Crippen molar-refractivity contribution >= 4 is 11.9 Å². The van der Waals surface area contributed by atoms with Crippen LogP contribution in [-0.4, -0.2) is 28.8 Å². The highest BCUT2D eigenvalue weighted by atomic mass is 19.4. The summed E-state index contributed by atoms with van der Waals surface area (Å²) in [5, 5.41) is 8.90. The number of halogens is 3. The predicted molar refractivity (Wildman–Crippen MR) is 31.3 cm³/mol. The third kappa shape index (κ3) is 1.80. The van der Waals surface area contributed by atoms with Gasteiger partial charge in [-0.05, 0) is 0 Å². The van der Waals surface area contributed by atoms with E-state index in [0.29, 0.717) is 0 Å². The van der Waals surface area contributed by atoms with Gasteiger partial charge in [0.05, 0.1) is 12.8 Å². The average molecular weight is 198 g/mol. The van der Waals surface area contributed by atoms with Crippen LogP contribution < -0.4 is 0 Å². The molecule has 0 bridgehead atoms. The van der Waals surface area contributed by atoms with Crippen LogP contribution in [0, 0.1) is 0 Å². The number of esters is 2. The van der Waals surface area contributed by atoms with Gasteiger partial charge in [-0.15, -0.1) is 0 Å². The summed E-state index contributed by atoms with van der Waals surface area (Å²) in [6.07, 6.45) is -7.47. The second-order valence-corrected chi connectivity index (χ2v) is 2.73. The van der Waals surface area contributed by atoms with Crippen LogP contribution in [-0.2, 0) is 14.3 Å². The first-order valence-electron chi connectivity index (χ1n) is 3.27. The van der Waals surface area contributed by atoms with Crippen molar-refractivity contribution in [1.82, 2.24) is 0 Å². The molecule has 1 rings (SSSR count). The maximum Gasteiger partial charge on any atom is 0.418 e. The second kappa shape index (κ2) is 2.69. The van der Waals surface area contributed by atoms with E-state index in [1.807, 2.05) is 0 Å². The van der Waals surface area contributed by atoms with Crippen molar-refractivity contribution in [3.05, 3.63) is 0 Å². The highest BCUT2D eigenvalue weighted by Crippen LogP contribution is 2.38. The molecule has 1 heterocycles. The van der Waals surface area contributed by atoms with E-state index in [1.165, 1.54) is 0 Å². The van der Waals surface area contributed by atoms with Crippen molar-refractivity contribution in [2.45, 2.75) is 24.6 Å². The summed E-state index contributed by atoms with van der Waals surface area (Å²) < 4.78 is 40.0. The Labute approximate surface area is 70.3 Å². The Kier molecular flexibility index (Phi) is 2.07. The molecule has 1 N–H and O–H groups in total. The molecule has 0 aromatic rings. The minimum atomic E-state index is -5.00. The van der Waals surface area contributed by atoms with Gasteiger partial charge in [0.25, 0.3) is 0 Å². The molecule has 7 heteroatoms. The molecule has 0 spiro atoms. The van der Waals surface area contributed by atoms with E-state index in [2.05, 4.69) is 4.74 Å².